The normalized spacial score (nSPS) is 25.4. The van der Waals surface area contributed by atoms with E-state index in [9.17, 15) is 14.9 Å². The van der Waals surface area contributed by atoms with Gasteiger partial charge in [0.1, 0.15) is 0 Å². The van der Waals surface area contributed by atoms with Crippen LogP contribution >= 0.6 is 11.6 Å². The molecule has 4 aliphatic carbocycles. The zero-order valence-corrected chi connectivity index (χ0v) is 22.6. The Morgan fingerprint density at radius 2 is 1.72 bits per heavy atom. The summed E-state index contributed by atoms with van der Waals surface area (Å²) in [5.74, 6) is 5.72. The highest BCUT2D eigenvalue weighted by atomic mass is 35.5. The first-order chi connectivity index (χ1) is 18.7. The molecule has 1 heterocycles. The van der Waals surface area contributed by atoms with E-state index in [1.807, 2.05) is 0 Å². The average Bonchev–Trinajstić information content (AvgIpc) is 2.89. The number of hydrogen-bond acceptors (Lipinski definition) is 9. The van der Waals surface area contributed by atoms with Crippen LogP contribution in [0.3, 0.4) is 0 Å². The number of carbonyl (C=O) groups excluding carboxylic acids is 1. The Balaban J connectivity index is 1.22. The van der Waals surface area contributed by atoms with E-state index in [-0.39, 0.29) is 40.8 Å². The van der Waals surface area contributed by atoms with Gasteiger partial charge in [0.25, 0.3) is 11.6 Å². The molecular formula is C27H33ClN8O3. The Morgan fingerprint density at radius 3 is 2.33 bits per heavy atom. The number of terminal acetylenes is 1. The highest BCUT2D eigenvalue weighted by Gasteiger charge is 2.53. The number of anilines is 3. The first-order valence-electron chi connectivity index (χ1n) is 13.4. The summed E-state index contributed by atoms with van der Waals surface area (Å²) < 4.78 is 0. The lowest BCUT2D eigenvalue weighted by atomic mass is 9.48. The van der Waals surface area contributed by atoms with Gasteiger partial charge in [-0.2, -0.15) is 15.0 Å². The van der Waals surface area contributed by atoms with Crippen LogP contribution in [-0.2, 0) is 0 Å². The van der Waals surface area contributed by atoms with Gasteiger partial charge in [-0.25, -0.2) is 0 Å². The molecule has 39 heavy (non-hydrogen) atoms. The topological polar surface area (TPSA) is 147 Å². The number of nitro benzene ring substituents is 1. The molecule has 4 bridgehead atoms. The van der Waals surface area contributed by atoms with E-state index in [2.05, 4.69) is 49.1 Å². The molecule has 206 valence electrons. The highest BCUT2D eigenvalue weighted by molar-refractivity contribution is 6.33. The summed E-state index contributed by atoms with van der Waals surface area (Å²) in [4.78, 5) is 36.5. The molecule has 12 heteroatoms. The molecule has 1 aromatic heterocycles. The van der Waals surface area contributed by atoms with Gasteiger partial charge >= 0.3 is 0 Å². The molecule has 11 nitrogen and oxygen atoms in total. The summed E-state index contributed by atoms with van der Waals surface area (Å²) in [6.45, 7) is 3.03. The Labute approximate surface area is 232 Å². The Morgan fingerprint density at radius 1 is 1.10 bits per heavy atom. The van der Waals surface area contributed by atoms with Crippen molar-refractivity contribution < 1.29 is 9.72 Å². The van der Waals surface area contributed by atoms with E-state index < -0.39 is 10.8 Å². The van der Waals surface area contributed by atoms with Crippen LogP contribution in [0.25, 0.3) is 0 Å². The molecule has 4 aliphatic rings. The van der Waals surface area contributed by atoms with Gasteiger partial charge in [-0.05, 0) is 74.7 Å². The average molecular weight is 553 g/mol. The Bertz CT molecular complexity index is 1260. The number of carbonyl (C=O) groups is 1. The first kappa shape index (κ1) is 26.9. The summed E-state index contributed by atoms with van der Waals surface area (Å²) in [7, 11) is 0. The largest absolute Gasteiger partial charge is 0.352 e. The molecule has 6 rings (SSSR count). The number of nitrogens with one attached hydrogen (secondary N) is 4. The standard InChI is InChI=1S/C27H33ClN8O3/c1-3-6-30-24-33-25(31-8-7-29-23(37)21-12-20(36(38)39)4-5-22(21)28)35-26(34-24)32-16(2)27-13-17-9-18(14-27)11-19(10-17)15-27/h1,4-5,12,16-19H,6-11,13-15H2,2H3,(H,29,37)(H3,30,31,32,33,34,35). The zero-order chi connectivity index (χ0) is 27.6. The van der Waals surface area contributed by atoms with Gasteiger partial charge in [0.05, 0.1) is 22.1 Å². The van der Waals surface area contributed by atoms with Crippen molar-refractivity contribution in [1.29, 1.82) is 0 Å². The number of benzene rings is 1. The van der Waals surface area contributed by atoms with Crippen LogP contribution in [0.5, 0.6) is 0 Å². The lowest BCUT2D eigenvalue weighted by molar-refractivity contribution is -0.384. The fraction of sp³-hybridized carbons (Fsp3) is 0.556. The van der Waals surface area contributed by atoms with E-state index in [4.69, 9.17) is 18.0 Å². The van der Waals surface area contributed by atoms with E-state index in [1.165, 1.54) is 50.7 Å². The molecular weight excluding hydrogens is 520 g/mol. The maximum atomic E-state index is 12.5. The quantitative estimate of drug-likeness (QED) is 0.138. The minimum atomic E-state index is -0.572. The van der Waals surface area contributed by atoms with E-state index in [0.29, 0.717) is 24.4 Å². The molecule has 0 spiro atoms. The second-order valence-electron chi connectivity index (χ2n) is 11.1. The summed E-state index contributed by atoms with van der Waals surface area (Å²) in [6, 6.07) is 3.97. The number of amides is 1. The summed E-state index contributed by atoms with van der Waals surface area (Å²) >= 11 is 6.07. The first-order valence-corrected chi connectivity index (χ1v) is 13.8. The number of rotatable bonds is 11. The predicted octanol–water partition coefficient (Wildman–Crippen LogP) is 4.34. The van der Waals surface area contributed by atoms with Gasteiger partial charge in [-0.3, -0.25) is 14.9 Å². The Hall–Kier alpha value is -3.65. The third-order valence-corrected chi connectivity index (χ3v) is 8.76. The lowest BCUT2D eigenvalue weighted by Gasteiger charge is -2.59. The second kappa shape index (κ2) is 11.2. The monoisotopic (exact) mass is 552 g/mol. The number of halogens is 1. The molecule has 0 saturated heterocycles. The van der Waals surface area contributed by atoms with Gasteiger partial charge in [0.15, 0.2) is 0 Å². The number of aromatic nitrogens is 3. The van der Waals surface area contributed by atoms with Gasteiger partial charge in [0, 0.05) is 31.3 Å². The highest BCUT2D eigenvalue weighted by Crippen LogP contribution is 2.61. The van der Waals surface area contributed by atoms with Crippen LogP contribution in [-0.4, -0.2) is 51.5 Å². The molecule has 1 atom stereocenters. The predicted molar refractivity (Wildman–Crippen MR) is 150 cm³/mol. The molecule has 4 saturated carbocycles. The molecule has 1 unspecified atom stereocenters. The SMILES string of the molecule is C#CCNc1nc(NCCNC(=O)c2cc([N+](=O)[O-])ccc2Cl)nc(NC(C)C23CC4CC(CC(C4)C2)C3)n1. The third kappa shape index (κ3) is 6.01. The van der Waals surface area contributed by atoms with Crippen LogP contribution in [0.4, 0.5) is 23.5 Å². The molecule has 4 N–H and O–H groups in total. The van der Waals surface area contributed by atoms with Crippen molar-refractivity contribution in [1.82, 2.24) is 20.3 Å². The van der Waals surface area contributed by atoms with Gasteiger partial charge in [-0.1, -0.05) is 17.5 Å². The summed E-state index contributed by atoms with van der Waals surface area (Å²) in [6.07, 6.45) is 13.4. The van der Waals surface area contributed by atoms with Crippen molar-refractivity contribution >= 4 is 41.0 Å². The van der Waals surface area contributed by atoms with Crippen LogP contribution in [0.15, 0.2) is 18.2 Å². The molecule has 1 aromatic carbocycles. The van der Waals surface area contributed by atoms with E-state index >= 15 is 0 Å². The van der Waals surface area contributed by atoms with Crippen LogP contribution in [0, 0.1) is 45.6 Å². The van der Waals surface area contributed by atoms with Crippen molar-refractivity contribution in [2.45, 2.75) is 51.5 Å². The van der Waals surface area contributed by atoms with Crippen molar-refractivity contribution in [2.24, 2.45) is 23.2 Å². The van der Waals surface area contributed by atoms with Crippen LogP contribution in [0.1, 0.15) is 55.8 Å². The fourth-order valence-electron chi connectivity index (χ4n) is 7.03. The second-order valence-corrected chi connectivity index (χ2v) is 11.5. The van der Waals surface area contributed by atoms with E-state index in [1.54, 1.807) is 0 Å². The van der Waals surface area contributed by atoms with Crippen molar-refractivity contribution in [3.05, 3.63) is 38.9 Å². The molecule has 4 fully saturated rings. The fourth-order valence-corrected chi connectivity index (χ4v) is 7.23. The minimum Gasteiger partial charge on any atom is -0.352 e. The number of non-ortho nitro benzene ring substituents is 1. The molecule has 2 aromatic rings. The van der Waals surface area contributed by atoms with Crippen LogP contribution in [0.2, 0.25) is 5.02 Å². The number of nitro groups is 1. The van der Waals surface area contributed by atoms with Crippen molar-refractivity contribution in [2.75, 3.05) is 35.6 Å². The van der Waals surface area contributed by atoms with Crippen molar-refractivity contribution in [3.63, 3.8) is 0 Å². The smallest absolute Gasteiger partial charge is 0.270 e. The summed E-state index contributed by atoms with van der Waals surface area (Å²) in [5, 5.41) is 23.6. The number of hydrogen-bond donors (Lipinski definition) is 4. The van der Waals surface area contributed by atoms with Gasteiger partial charge < -0.3 is 21.3 Å². The van der Waals surface area contributed by atoms with Crippen LogP contribution < -0.4 is 21.3 Å². The summed E-state index contributed by atoms with van der Waals surface area (Å²) in [5.41, 5.74) is 0.110. The molecule has 0 aliphatic heterocycles. The molecule has 0 radical (unpaired) electrons. The van der Waals surface area contributed by atoms with Gasteiger partial charge in [-0.15, -0.1) is 6.42 Å². The lowest BCUT2D eigenvalue weighted by Crippen LogP contribution is -2.53. The van der Waals surface area contributed by atoms with Gasteiger partial charge in [0.2, 0.25) is 17.8 Å². The minimum absolute atomic E-state index is 0.0388. The van der Waals surface area contributed by atoms with Crippen molar-refractivity contribution in [3.8, 4) is 12.3 Å². The zero-order valence-electron chi connectivity index (χ0n) is 21.9. The maximum absolute atomic E-state index is 12.5. The Kier molecular flexibility index (Phi) is 7.75. The third-order valence-electron chi connectivity index (χ3n) is 8.43. The molecule has 1 amide bonds. The maximum Gasteiger partial charge on any atom is 0.270 e. The number of nitrogens with zero attached hydrogens (tertiary/aromatic N) is 4. The van der Waals surface area contributed by atoms with E-state index in [0.717, 1.165) is 23.8 Å².